The van der Waals surface area contributed by atoms with Crippen LogP contribution in [0, 0.1) is 0 Å². The first kappa shape index (κ1) is 12.8. The molecule has 0 radical (unpaired) electrons. The third-order valence-electron chi connectivity index (χ3n) is 3.25. The molecule has 1 heterocycles. The molecule has 0 spiro atoms. The topological polar surface area (TPSA) is 47.1 Å². The van der Waals surface area contributed by atoms with Crippen molar-refractivity contribution in [1.29, 1.82) is 0 Å². The average Bonchev–Trinajstić information content (AvgIpc) is 2.77. The fourth-order valence-electron chi connectivity index (χ4n) is 2.13. The lowest BCUT2D eigenvalue weighted by atomic mass is 10.1. The van der Waals surface area contributed by atoms with Gasteiger partial charge < -0.3 is 10.3 Å². The Morgan fingerprint density at radius 3 is 2.61 bits per heavy atom. The zero-order valence-electron chi connectivity index (χ0n) is 11.0. The molecule has 0 aliphatic carbocycles. The second kappa shape index (κ2) is 5.80. The Balaban J connectivity index is 2.11. The van der Waals surface area contributed by atoms with Crippen molar-refractivity contribution >= 4 is 0 Å². The van der Waals surface area contributed by atoms with Crippen LogP contribution in [0.4, 0.5) is 0 Å². The van der Waals surface area contributed by atoms with Gasteiger partial charge in [0, 0.05) is 32.0 Å². The lowest BCUT2D eigenvalue weighted by Gasteiger charge is -2.27. The largest absolute Gasteiger partial charge is 0.337 e. The highest BCUT2D eigenvalue weighted by atomic mass is 15.2. The number of hydrogen-bond acceptors (Lipinski definition) is 3. The number of imidazole rings is 1. The second-order valence-corrected chi connectivity index (χ2v) is 4.53. The Bertz CT molecular complexity index is 478. The van der Waals surface area contributed by atoms with E-state index in [4.69, 9.17) is 5.73 Å². The van der Waals surface area contributed by atoms with Crippen molar-refractivity contribution in [3.8, 4) is 0 Å². The smallest absolute Gasteiger partial charge is 0.122 e. The number of aryl methyl sites for hydroxylation is 1. The maximum atomic E-state index is 5.90. The van der Waals surface area contributed by atoms with Crippen LogP contribution < -0.4 is 5.73 Å². The first-order chi connectivity index (χ1) is 8.72. The Kier molecular flexibility index (Phi) is 4.12. The standard InChI is InChI=1S/C14H20N4/c1-17-9-8-16-14(17)11-18(2)13(10-15)12-6-4-3-5-7-12/h3-9,13H,10-11,15H2,1-2H3. The van der Waals surface area contributed by atoms with E-state index >= 15 is 0 Å². The average molecular weight is 244 g/mol. The van der Waals surface area contributed by atoms with Crippen LogP contribution in [0.15, 0.2) is 42.7 Å². The minimum Gasteiger partial charge on any atom is -0.337 e. The monoisotopic (exact) mass is 244 g/mol. The van der Waals surface area contributed by atoms with Gasteiger partial charge in [-0.05, 0) is 12.6 Å². The molecule has 0 aliphatic rings. The van der Waals surface area contributed by atoms with Crippen LogP contribution in [0.3, 0.4) is 0 Å². The van der Waals surface area contributed by atoms with Crippen molar-refractivity contribution < 1.29 is 0 Å². The fraction of sp³-hybridized carbons (Fsp3) is 0.357. The number of rotatable bonds is 5. The summed E-state index contributed by atoms with van der Waals surface area (Å²) in [6.45, 7) is 1.39. The van der Waals surface area contributed by atoms with E-state index in [9.17, 15) is 0 Å². The van der Waals surface area contributed by atoms with E-state index in [1.54, 1.807) is 0 Å². The predicted molar refractivity (Wildman–Crippen MR) is 72.9 cm³/mol. The molecular formula is C14H20N4. The quantitative estimate of drug-likeness (QED) is 0.868. The molecule has 0 saturated heterocycles. The first-order valence-electron chi connectivity index (χ1n) is 6.14. The summed E-state index contributed by atoms with van der Waals surface area (Å²) < 4.78 is 2.04. The van der Waals surface area contributed by atoms with E-state index in [0.29, 0.717) is 6.54 Å². The van der Waals surface area contributed by atoms with Gasteiger partial charge in [-0.25, -0.2) is 4.98 Å². The van der Waals surface area contributed by atoms with Crippen molar-refractivity contribution in [1.82, 2.24) is 14.5 Å². The van der Waals surface area contributed by atoms with E-state index in [1.165, 1.54) is 5.56 Å². The molecular weight excluding hydrogens is 224 g/mol. The molecule has 0 amide bonds. The summed E-state index contributed by atoms with van der Waals surface area (Å²) in [5.41, 5.74) is 7.15. The molecule has 96 valence electrons. The molecule has 18 heavy (non-hydrogen) atoms. The molecule has 1 atom stereocenters. The summed E-state index contributed by atoms with van der Waals surface area (Å²) >= 11 is 0. The van der Waals surface area contributed by atoms with Crippen molar-refractivity contribution in [2.75, 3.05) is 13.6 Å². The normalized spacial score (nSPS) is 12.9. The van der Waals surface area contributed by atoms with Crippen molar-refractivity contribution in [3.63, 3.8) is 0 Å². The fourth-order valence-corrected chi connectivity index (χ4v) is 2.13. The Labute approximate surface area is 108 Å². The maximum absolute atomic E-state index is 5.90. The zero-order valence-corrected chi connectivity index (χ0v) is 11.0. The summed E-state index contributed by atoms with van der Waals surface area (Å²) in [6.07, 6.45) is 3.78. The van der Waals surface area contributed by atoms with Gasteiger partial charge in [0.2, 0.25) is 0 Å². The summed E-state index contributed by atoms with van der Waals surface area (Å²) in [6, 6.07) is 10.6. The molecule has 1 aromatic carbocycles. The van der Waals surface area contributed by atoms with E-state index in [1.807, 2.05) is 42.2 Å². The van der Waals surface area contributed by atoms with E-state index < -0.39 is 0 Å². The summed E-state index contributed by atoms with van der Waals surface area (Å²) in [5.74, 6) is 1.05. The highest BCUT2D eigenvalue weighted by molar-refractivity contribution is 5.19. The number of nitrogens with zero attached hydrogens (tertiary/aromatic N) is 3. The van der Waals surface area contributed by atoms with Gasteiger partial charge >= 0.3 is 0 Å². The predicted octanol–water partition coefficient (Wildman–Crippen LogP) is 1.55. The van der Waals surface area contributed by atoms with E-state index in [0.717, 1.165) is 12.4 Å². The molecule has 2 rings (SSSR count). The number of likely N-dealkylation sites (N-methyl/N-ethyl adjacent to an activating group) is 1. The summed E-state index contributed by atoms with van der Waals surface area (Å²) in [5, 5.41) is 0. The van der Waals surface area contributed by atoms with Crippen LogP contribution in [0.1, 0.15) is 17.4 Å². The number of benzene rings is 1. The molecule has 0 saturated carbocycles. The number of aromatic nitrogens is 2. The minimum absolute atomic E-state index is 0.225. The van der Waals surface area contributed by atoms with Crippen LogP contribution in [0.25, 0.3) is 0 Å². The van der Waals surface area contributed by atoms with Crippen LogP contribution in [0.5, 0.6) is 0 Å². The van der Waals surface area contributed by atoms with Gasteiger partial charge in [0.15, 0.2) is 0 Å². The van der Waals surface area contributed by atoms with Crippen LogP contribution >= 0.6 is 0 Å². The SMILES string of the molecule is CN(Cc1nccn1C)C(CN)c1ccccc1. The second-order valence-electron chi connectivity index (χ2n) is 4.53. The third-order valence-corrected chi connectivity index (χ3v) is 3.25. The van der Waals surface area contributed by atoms with Crippen LogP contribution in [-0.2, 0) is 13.6 Å². The van der Waals surface area contributed by atoms with E-state index in [-0.39, 0.29) is 6.04 Å². The lowest BCUT2D eigenvalue weighted by molar-refractivity contribution is 0.234. The molecule has 0 bridgehead atoms. The Morgan fingerprint density at radius 1 is 1.33 bits per heavy atom. The van der Waals surface area contributed by atoms with Crippen molar-refractivity contribution in [2.45, 2.75) is 12.6 Å². The third kappa shape index (κ3) is 2.78. The molecule has 1 unspecified atom stereocenters. The van der Waals surface area contributed by atoms with Crippen LogP contribution in [0.2, 0.25) is 0 Å². The van der Waals surface area contributed by atoms with Gasteiger partial charge in [-0.3, -0.25) is 4.90 Å². The highest BCUT2D eigenvalue weighted by Gasteiger charge is 2.16. The number of hydrogen-bond donors (Lipinski definition) is 1. The van der Waals surface area contributed by atoms with Gasteiger partial charge in [-0.15, -0.1) is 0 Å². The minimum atomic E-state index is 0.225. The van der Waals surface area contributed by atoms with Gasteiger partial charge in [0.1, 0.15) is 5.82 Å². The van der Waals surface area contributed by atoms with Gasteiger partial charge in [-0.1, -0.05) is 30.3 Å². The van der Waals surface area contributed by atoms with Crippen LogP contribution in [-0.4, -0.2) is 28.0 Å². The zero-order chi connectivity index (χ0) is 13.0. The first-order valence-corrected chi connectivity index (χ1v) is 6.14. The highest BCUT2D eigenvalue weighted by Crippen LogP contribution is 2.19. The summed E-state index contributed by atoms with van der Waals surface area (Å²) in [4.78, 5) is 6.58. The van der Waals surface area contributed by atoms with Gasteiger partial charge in [-0.2, -0.15) is 0 Å². The summed E-state index contributed by atoms with van der Waals surface area (Å²) in [7, 11) is 4.09. The molecule has 2 N–H and O–H groups in total. The molecule has 2 aromatic rings. The molecule has 0 aliphatic heterocycles. The molecule has 0 fully saturated rings. The van der Waals surface area contributed by atoms with Gasteiger partial charge in [0.25, 0.3) is 0 Å². The molecule has 4 nitrogen and oxygen atoms in total. The Morgan fingerprint density at radius 2 is 2.06 bits per heavy atom. The van der Waals surface area contributed by atoms with Crippen molar-refractivity contribution in [2.24, 2.45) is 12.8 Å². The maximum Gasteiger partial charge on any atom is 0.122 e. The number of nitrogens with two attached hydrogens (primary N) is 1. The Hall–Kier alpha value is -1.65. The lowest BCUT2D eigenvalue weighted by Crippen LogP contribution is -2.31. The van der Waals surface area contributed by atoms with Gasteiger partial charge in [0.05, 0.1) is 6.54 Å². The molecule has 1 aromatic heterocycles. The van der Waals surface area contributed by atoms with Crippen molar-refractivity contribution in [3.05, 3.63) is 54.1 Å². The molecule has 4 heteroatoms. The van der Waals surface area contributed by atoms with E-state index in [2.05, 4.69) is 29.1 Å².